The second-order valence-corrected chi connectivity index (χ2v) is 4.27. The van der Waals surface area contributed by atoms with E-state index in [-0.39, 0.29) is 11.8 Å². The molecule has 0 aliphatic heterocycles. The monoisotopic (exact) mass is 257 g/mol. The molecule has 0 N–H and O–H groups in total. The number of hydrogen-bond acceptors (Lipinski definition) is 3. The molecule has 2 rings (SSSR count). The first kappa shape index (κ1) is 13.2. The van der Waals surface area contributed by atoms with Gasteiger partial charge in [-0.25, -0.2) is 0 Å². The lowest BCUT2D eigenvalue weighted by molar-refractivity contribution is -0.385. The fourth-order valence-electron chi connectivity index (χ4n) is 2.00. The van der Waals surface area contributed by atoms with Gasteiger partial charge in [-0.15, -0.1) is 0 Å². The van der Waals surface area contributed by atoms with Gasteiger partial charge in [0.2, 0.25) is 0 Å². The van der Waals surface area contributed by atoms with Gasteiger partial charge in [0.25, 0.3) is 5.69 Å². The topological polar surface area (TPSA) is 52.4 Å². The van der Waals surface area contributed by atoms with Gasteiger partial charge in [0.1, 0.15) is 0 Å². The summed E-state index contributed by atoms with van der Waals surface area (Å²) in [4.78, 5) is 10.4. The van der Waals surface area contributed by atoms with E-state index < -0.39 is 4.92 Å². The smallest absolute Gasteiger partial charge is 0.269 e. The molecule has 19 heavy (non-hydrogen) atoms. The van der Waals surface area contributed by atoms with Gasteiger partial charge < -0.3 is 4.74 Å². The molecule has 0 fully saturated rings. The number of rotatable bonds is 5. The van der Waals surface area contributed by atoms with Crippen molar-refractivity contribution in [2.45, 2.75) is 12.5 Å². The summed E-state index contributed by atoms with van der Waals surface area (Å²) in [7, 11) is 1.62. The van der Waals surface area contributed by atoms with Gasteiger partial charge in [-0.2, -0.15) is 0 Å². The minimum absolute atomic E-state index is 0.0904. The van der Waals surface area contributed by atoms with E-state index in [1.807, 2.05) is 36.4 Å². The molecule has 2 aromatic rings. The zero-order valence-corrected chi connectivity index (χ0v) is 10.7. The molecule has 0 radical (unpaired) electrons. The molecule has 1 unspecified atom stereocenters. The number of benzene rings is 2. The minimum atomic E-state index is -0.390. The molecule has 0 saturated heterocycles. The Morgan fingerprint density at radius 1 is 1.16 bits per heavy atom. The SMILES string of the molecule is COC(Cc1ccccc1)c1cccc([N+](=O)[O-])c1. The Bertz CT molecular complexity index is 554. The molecule has 0 amide bonds. The van der Waals surface area contributed by atoms with Crippen LogP contribution in [-0.2, 0) is 11.2 Å². The predicted octanol–water partition coefficient (Wildman–Crippen LogP) is 3.53. The van der Waals surface area contributed by atoms with E-state index in [9.17, 15) is 10.1 Å². The molecule has 2 aromatic carbocycles. The predicted molar refractivity (Wildman–Crippen MR) is 73.0 cm³/mol. The molecule has 1 atom stereocenters. The van der Waals surface area contributed by atoms with Crippen molar-refractivity contribution in [3.05, 3.63) is 75.8 Å². The number of ether oxygens (including phenoxy) is 1. The van der Waals surface area contributed by atoms with Crippen LogP contribution in [0.1, 0.15) is 17.2 Å². The number of nitro groups is 1. The van der Waals surface area contributed by atoms with Gasteiger partial charge in [0.15, 0.2) is 0 Å². The molecule has 98 valence electrons. The lowest BCUT2D eigenvalue weighted by Gasteiger charge is -2.15. The first-order valence-electron chi connectivity index (χ1n) is 6.02. The third-order valence-electron chi connectivity index (χ3n) is 3.00. The van der Waals surface area contributed by atoms with Crippen LogP contribution in [-0.4, -0.2) is 12.0 Å². The highest BCUT2D eigenvalue weighted by molar-refractivity contribution is 5.36. The molecule has 4 heteroatoms. The van der Waals surface area contributed by atoms with Gasteiger partial charge in [-0.05, 0) is 11.1 Å². The summed E-state index contributed by atoms with van der Waals surface area (Å²) in [6, 6.07) is 16.5. The second-order valence-electron chi connectivity index (χ2n) is 4.27. The van der Waals surface area contributed by atoms with Crippen molar-refractivity contribution in [2.24, 2.45) is 0 Å². The Kier molecular flexibility index (Phi) is 4.26. The lowest BCUT2D eigenvalue weighted by atomic mass is 10.0. The summed E-state index contributed by atoms with van der Waals surface area (Å²) in [6.07, 6.45) is 0.515. The van der Waals surface area contributed by atoms with Crippen LogP contribution < -0.4 is 0 Å². The third kappa shape index (κ3) is 3.39. The van der Waals surface area contributed by atoms with Crippen molar-refractivity contribution < 1.29 is 9.66 Å². The highest BCUT2D eigenvalue weighted by Crippen LogP contribution is 2.24. The van der Waals surface area contributed by atoms with Crippen LogP contribution >= 0.6 is 0 Å². The van der Waals surface area contributed by atoms with Crippen molar-refractivity contribution in [3.8, 4) is 0 Å². The van der Waals surface area contributed by atoms with Crippen LogP contribution in [0.15, 0.2) is 54.6 Å². The Hall–Kier alpha value is -2.20. The fourth-order valence-corrected chi connectivity index (χ4v) is 2.00. The first-order valence-corrected chi connectivity index (χ1v) is 6.02. The molecule has 0 heterocycles. The number of non-ortho nitro benzene ring substituents is 1. The average molecular weight is 257 g/mol. The fraction of sp³-hybridized carbons (Fsp3) is 0.200. The van der Waals surface area contributed by atoms with Crippen molar-refractivity contribution in [3.63, 3.8) is 0 Å². The van der Waals surface area contributed by atoms with Crippen LogP contribution in [0.3, 0.4) is 0 Å². The van der Waals surface area contributed by atoms with Gasteiger partial charge in [0, 0.05) is 25.7 Å². The van der Waals surface area contributed by atoms with Gasteiger partial charge in [-0.3, -0.25) is 10.1 Å². The van der Waals surface area contributed by atoms with E-state index in [0.717, 1.165) is 11.1 Å². The molecule has 0 aromatic heterocycles. The Balaban J connectivity index is 2.22. The summed E-state index contributed by atoms with van der Waals surface area (Å²) in [5.74, 6) is 0. The normalized spacial score (nSPS) is 12.1. The maximum Gasteiger partial charge on any atom is 0.269 e. The summed E-state index contributed by atoms with van der Waals surface area (Å²) in [5, 5.41) is 10.8. The summed E-state index contributed by atoms with van der Waals surface area (Å²) >= 11 is 0. The highest BCUT2D eigenvalue weighted by atomic mass is 16.6. The molecule has 4 nitrogen and oxygen atoms in total. The number of hydrogen-bond donors (Lipinski definition) is 0. The number of methoxy groups -OCH3 is 1. The van der Waals surface area contributed by atoms with E-state index >= 15 is 0 Å². The summed E-state index contributed by atoms with van der Waals surface area (Å²) in [5.41, 5.74) is 2.05. The van der Waals surface area contributed by atoms with Crippen LogP contribution in [0.4, 0.5) is 5.69 Å². The van der Waals surface area contributed by atoms with E-state index in [1.54, 1.807) is 19.2 Å². The van der Waals surface area contributed by atoms with E-state index in [1.165, 1.54) is 6.07 Å². The standard InChI is InChI=1S/C15H15NO3/c1-19-15(10-12-6-3-2-4-7-12)13-8-5-9-14(11-13)16(17)18/h2-9,11,15H,10H2,1H3. The maximum absolute atomic E-state index is 10.8. The van der Waals surface area contributed by atoms with Crippen molar-refractivity contribution in [1.29, 1.82) is 0 Å². The lowest BCUT2D eigenvalue weighted by Crippen LogP contribution is -2.05. The molecule has 0 saturated carbocycles. The Labute approximate surface area is 111 Å². The van der Waals surface area contributed by atoms with Crippen LogP contribution in [0, 0.1) is 10.1 Å². The average Bonchev–Trinajstić information content (AvgIpc) is 2.46. The number of nitrogens with zero attached hydrogens (tertiary/aromatic N) is 1. The molecule has 0 aliphatic carbocycles. The zero-order valence-electron chi connectivity index (χ0n) is 10.7. The molecule has 0 spiro atoms. The zero-order chi connectivity index (χ0) is 13.7. The summed E-state index contributed by atoms with van der Waals surface area (Å²) < 4.78 is 5.45. The van der Waals surface area contributed by atoms with Crippen LogP contribution in [0.2, 0.25) is 0 Å². The van der Waals surface area contributed by atoms with Gasteiger partial charge >= 0.3 is 0 Å². The van der Waals surface area contributed by atoms with Gasteiger partial charge in [0.05, 0.1) is 11.0 Å². The highest BCUT2D eigenvalue weighted by Gasteiger charge is 2.14. The third-order valence-corrected chi connectivity index (χ3v) is 3.00. The minimum Gasteiger partial charge on any atom is -0.376 e. The van der Waals surface area contributed by atoms with Crippen molar-refractivity contribution >= 4 is 5.69 Å². The van der Waals surface area contributed by atoms with E-state index in [0.29, 0.717) is 6.42 Å². The molecular weight excluding hydrogens is 242 g/mol. The molecule has 0 bridgehead atoms. The van der Waals surface area contributed by atoms with Crippen LogP contribution in [0.5, 0.6) is 0 Å². The van der Waals surface area contributed by atoms with E-state index in [4.69, 9.17) is 4.74 Å². The Morgan fingerprint density at radius 2 is 1.89 bits per heavy atom. The number of nitro benzene ring substituents is 1. The summed E-state index contributed by atoms with van der Waals surface area (Å²) in [6.45, 7) is 0. The molecular formula is C15H15NO3. The second kappa shape index (κ2) is 6.11. The maximum atomic E-state index is 10.8. The largest absolute Gasteiger partial charge is 0.376 e. The van der Waals surface area contributed by atoms with Gasteiger partial charge in [-0.1, -0.05) is 42.5 Å². The van der Waals surface area contributed by atoms with E-state index in [2.05, 4.69) is 0 Å². The van der Waals surface area contributed by atoms with Crippen molar-refractivity contribution in [1.82, 2.24) is 0 Å². The molecule has 0 aliphatic rings. The first-order chi connectivity index (χ1) is 9.20. The van der Waals surface area contributed by atoms with Crippen molar-refractivity contribution in [2.75, 3.05) is 7.11 Å². The quantitative estimate of drug-likeness (QED) is 0.608. The van der Waals surface area contributed by atoms with Crippen LogP contribution in [0.25, 0.3) is 0 Å². The Morgan fingerprint density at radius 3 is 2.53 bits per heavy atom.